The van der Waals surface area contributed by atoms with Gasteiger partial charge in [0.05, 0.1) is 36.9 Å². The lowest BCUT2D eigenvalue weighted by Gasteiger charge is -2.24. The number of halogens is 2. The number of rotatable bonds is 9. The molecule has 0 saturated heterocycles. The fraction of sp³-hybridized carbons (Fsp3) is 0.174. The summed E-state index contributed by atoms with van der Waals surface area (Å²) in [6.45, 7) is -0.571. The van der Waals surface area contributed by atoms with Crippen molar-refractivity contribution in [3.8, 4) is 17.2 Å². The zero-order valence-corrected chi connectivity index (χ0v) is 20.1. The number of sulfonamides is 1. The Kier molecular flexibility index (Phi) is 7.85. The maximum Gasteiger partial charge on any atom is 0.264 e. The number of hydrogen-bond donors (Lipinski definition) is 1. The van der Waals surface area contributed by atoms with Crippen molar-refractivity contribution in [2.45, 2.75) is 4.90 Å². The van der Waals surface area contributed by atoms with E-state index in [0.29, 0.717) is 11.5 Å². The zero-order valence-electron chi connectivity index (χ0n) is 18.5. The summed E-state index contributed by atoms with van der Waals surface area (Å²) in [4.78, 5) is 12.7. The first-order chi connectivity index (χ1) is 16.2. The second kappa shape index (κ2) is 10.6. The van der Waals surface area contributed by atoms with Gasteiger partial charge in [-0.05, 0) is 54.6 Å². The molecule has 0 fully saturated rings. The number of ether oxygens (including phenoxy) is 3. The first-order valence-electron chi connectivity index (χ1n) is 9.83. The molecule has 3 rings (SSSR count). The van der Waals surface area contributed by atoms with Crippen LogP contribution in [0.5, 0.6) is 17.2 Å². The van der Waals surface area contributed by atoms with E-state index in [1.54, 1.807) is 12.1 Å². The summed E-state index contributed by atoms with van der Waals surface area (Å²) >= 11 is 5.77. The van der Waals surface area contributed by atoms with E-state index in [1.165, 1.54) is 63.8 Å². The SMILES string of the molecule is COc1ccc(N(CC(=O)Nc2ccc(F)c(Cl)c2)S(=O)(=O)c2ccc(OC)c(OC)c2)cc1. The number of benzene rings is 3. The lowest BCUT2D eigenvalue weighted by molar-refractivity contribution is -0.114. The number of amides is 1. The Bertz CT molecular complexity index is 1290. The fourth-order valence-corrected chi connectivity index (χ4v) is 4.69. The molecule has 3 aromatic rings. The van der Waals surface area contributed by atoms with Crippen molar-refractivity contribution in [1.82, 2.24) is 0 Å². The minimum absolute atomic E-state index is 0.112. The van der Waals surface area contributed by atoms with Crippen LogP contribution in [0, 0.1) is 5.82 Å². The molecular formula is C23H22ClFN2O6S. The molecule has 0 unspecified atom stereocenters. The molecule has 1 N–H and O–H groups in total. The Balaban J connectivity index is 1.99. The number of nitrogens with zero attached hydrogens (tertiary/aromatic N) is 1. The Morgan fingerprint density at radius 3 is 2.21 bits per heavy atom. The molecule has 0 radical (unpaired) electrons. The topological polar surface area (TPSA) is 94.2 Å². The first-order valence-corrected chi connectivity index (χ1v) is 11.6. The fourth-order valence-electron chi connectivity index (χ4n) is 3.07. The summed E-state index contributed by atoms with van der Waals surface area (Å²) in [5.41, 5.74) is 0.442. The van der Waals surface area contributed by atoms with Crippen molar-refractivity contribution < 1.29 is 31.8 Å². The Labute approximate surface area is 201 Å². The summed E-state index contributed by atoms with van der Waals surface area (Å²) in [6.07, 6.45) is 0. The Morgan fingerprint density at radius 1 is 0.941 bits per heavy atom. The first kappa shape index (κ1) is 25.1. The molecule has 8 nitrogen and oxygen atoms in total. The van der Waals surface area contributed by atoms with Gasteiger partial charge in [0.1, 0.15) is 18.1 Å². The van der Waals surface area contributed by atoms with E-state index in [2.05, 4.69) is 5.32 Å². The monoisotopic (exact) mass is 508 g/mol. The van der Waals surface area contributed by atoms with Crippen molar-refractivity contribution in [3.63, 3.8) is 0 Å². The molecule has 0 aromatic heterocycles. The van der Waals surface area contributed by atoms with Crippen LogP contribution in [-0.4, -0.2) is 42.2 Å². The molecule has 34 heavy (non-hydrogen) atoms. The van der Waals surface area contributed by atoms with E-state index in [9.17, 15) is 17.6 Å². The molecule has 1 amide bonds. The van der Waals surface area contributed by atoms with E-state index in [4.69, 9.17) is 25.8 Å². The summed E-state index contributed by atoms with van der Waals surface area (Å²) < 4.78 is 57.1. The quantitative estimate of drug-likeness (QED) is 0.462. The van der Waals surface area contributed by atoms with Gasteiger partial charge in [-0.15, -0.1) is 0 Å². The summed E-state index contributed by atoms with van der Waals surface area (Å²) in [5, 5.41) is 2.35. The third-order valence-electron chi connectivity index (χ3n) is 4.79. The standard InChI is InChI=1S/C23H22ClFN2O6S/c1-31-17-7-5-16(6-8-17)27(14-23(28)26-15-4-10-20(25)19(24)12-15)34(29,30)18-9-11-21(32-2)22(13-18)33-3/h4-13H,14H2,1-3H3,(H,26,28). The van der Waals surface area contributed by atoms with Crippen LogP contribution in [0.4, 0.5) is 15.8 Å². The van der Waals surface area contributed by atoms with Gasteiger partial charge >= 0.3 is 0 Å². The number of carbonyl (C=O) groups excluding carboxylic acids is 1. The van der Waals surface area contributed by atoms with E-state index in [1.807, 2.05) is 0 Å². The Morgan fingerprint density at radius 2 is 1.62 bits per heavy atom. The maximum atomic E-state index is 13.6. The predicted octanol–water partition coefficient (Wildman–Crippen LogP) is 4.34. The lowest BCUT2D eigenvalue weighted by Crippen LogP contribution is -2.38. The van der Waals surface area contributed by atoms with E-state index in [-0.39, 0.29) is 27.0 Å². The number of nitrogens with one attached hydrogen (secondary N) is 1. The molecule has 180 valence electrons. The minimum Gasteiger partial charge on any atom is -0.497 e. The van der Waals surface area contributed by atoms with Crippen molar-refractivity contribution >= 4 is 38.9 Å². The van der Waals surface area contributed by atoms with E-state index in [0.717, 1.165) is 10.4 Å². The molecule has 0 aliphatic rings. The van der Waals surface area contributed by atoms with Gasteiger partial charge in [-0.25, -0.2) is 12.8 Å². The normalized spacial score (nSPS) is 11.0. The largest absolute Gasteiger partial charge is 0.497 e. The van der Waals surface area contributed by atoms with Gasteiger partial charge in [0, 0.05) is 11.8 Å². The lowest BCUT2D eigenvalue weighted by atomic mass is 10.3. The molecule has 0 atom stereocenters. The highest BCUT2D eigenvalue weighted by Crippen LogP contribution is 2.32. The van der Waals surface area contributed by atoms with Crippen molar-refractivity contribution in [2.75, 3.05) is 37.5 Å². The second-order valence-corrected chi connectivity index (χ2v) is 9.17. The van der Waals surface area contributed by atoms with Crippen LogP contribution in [0.15, 0.2) is 65.6 Å². The minimum atomic E-state index is -4.22. The average molecular weight is 509 g/mol. The highest BCUT2D eigenvalue weighted by Gasteiger charge is 2.28. The Hall–Kier alpha value is -3.50. The van der Waals surface area contributed by atoms with Crippen molar-refractivity contribution in [1.29, 1.82) is 0 Å². The maximum absolute atomic E-state index is 13.6. The van der Waals surface area contributed by atoms with Gasteiger partial charge in [0.15, 0.2) is 11.5 Å². The van der Waals surface area contributed by atoms with Crippen LogP contribution < -0.4 is 23.8 Å². The summed E-state index contributed by atoms with van der Waals surface area (Å²) in [7, 11) is 0.0751. The third-order valence-corrected chi connectivity index (χ3v) is 6.85. The van der Waals surface area contributed by atoms with Crippen molar-refractivity contribution in [3.05, 3.63) is 71.5 Å². The molecule has 0 bridgehead atoms. The van der Waals surface area contributed by atoms with Crippen LogP contribution in [0.25, 0.3) is 0 Å². The van der Waals surface area contributed by atoms with Crippen LogP contribution >= 0.6 is 11.6 Å². The number of methoxy groups -OCH3 is 3. The molecule has 0 saturated carbocycles. The van der Waals surface area contributed by atoms with Crippen LogP contribution in [0.1, 0.15) is 0 Å². The molecular weight excluding hydrogens is 487 g/mol. The predicted molar refractivity (Wildman–Crippen MR) is 127 cm³/mol. The molecule has 0 spiro atoms. The molecule has 0 aliphatic heterocycles. The number of anilines is 2. The molecule has 11 heteroatoms. The summed E-state index contributed by atoms with van der Waals surface area (Å²) in [5.74, 6) is -0.234. The van der Waals surface area contributed by atoms with Gasteiger partial charge in [0.25, 0.3) is 10.0 Å². The van der Waals surface area contributed by atoms with Gasteiger partial charge in [0.2, 0.25) is 5.91 Å². The van der Waals surface area contributed by atoms with Crippen LogP contribution in [0.3, 0.4) is 0 Å². The van der Waals surface area contributed by atoms with Gasteiger partial charge in [-0.3, -0.25) is 9.10 Å². The van der Waals surface area contributed by atoms with Gasteiger partial charge in [-0.1, -0.05) is 11.6 Å². The van der Waals surface area contributed by atoms with Gasteiger partial charge < -0.3 is 19.5 Å². The van der Waals surface area contributed by atoms with Crippen LogP contribution in [-0.2, 0) is 14.8 Å². The highest BCUT2D eigenvalue weighted by molar-refractivity contribution is 7.92. The number of hydrogen-bond acceptors (Lipinski definition) is 6. The highest BCUT2D eigenvalue weighted by atomic mass is 35.5. The van der Waals surface area contributed by atoms with Crippen molar-refractivity contribution in [2.24, 2.45) is 0 Å². The van der Waals surface area contributed by atoms with Gasteiger partial charge in [-0.2, -0.15) is 0 Å². The van der Waals surface area contributed by atoms with E-state index < -0.39 is 28.3 Å². The third kappa shape index (κ3) is 5.52. The zero-order chi connectivity index (χ0) is 24.9. The van der Waals surface area contributed by atoms with Crippen LogP contribution in [0.2, 0.25) is 5.02 Å². The molecule has 0 heterocycles. The second-order valence-electron chi connectivity index (χ2n) is 6.90. The van der Waals surface area contributed by atoms with E-state index >= 15 is 0 Å². The molecule has 0 aliphatic carbocycles. The smallest absolute Gasteiger partial charge is 0.264 e. The average Bonchev–Trinajstić information content (AvgIpc) is 2.84. The summed E-state index contributed by atoms with van der Waals surface area (Å²) in [6, 6.07) is 13.9. The molecule has 3 aromatic carbocycles. The number of carbonyl (C=O) groups is 1.